The summed E-state index contributed by atoms with van der Waals surface area (Å²) < 4.78 is 10.1. The van der Waals surface area contributed by atoms with Gasteiger partial charge in [-0.15, -0.1) is 0 Å². The van der Waals surface area contributed by atoms with Gasteiger partial charge >= 0.3 is 0 Å². The van der Waals surface area contributed by atoms with Crippen molar-refractivity contribution in [2.45, 2.75) is 0 Å². The third-order valence-electron chi connectivity index (χ3n) is 1.96. The van der Waals surface area contributed by atoms with E-state index in [0.29, 0.717) is 22.7 Å². The molecule has 0 aromatic carbocycles. The highest BCUT2D eigenvalue weighted by molar-refractivity contribution is 6.35. The van der Waals surface area contributed by atoms with Crippen molar-refractivity contribution in [1.29, 1.82) is 0 Å². The number of nitrogens with zero attached hydrogens (tertiary/aromatic N) is 3. The Hall–Kier alpha value is -1.33. The van der Waals surface area contributed by atoms with Crippen LogP contribution in [-0.2, 0) is 0 Å². The topological polar surface area (TPSA) is 57.1 Å². The molecule has 2 aromatic rings. The Morgan fingerprint density at radius 1 is 1.06 bits per heavy atom. The van der Waals surface area contributed by atoms with Gasteiger partial charge < -0.3 is 9.47 Å². The fourth-order valence-corrected chi connectivity index (χ4v) is 1.68. The van der Waals surface area contributed by atoms with E-state index in [1.807, 2.05) is 0 Å². The zero-order valence-electron chi connectivity index (χ0n) is 8.49. The molecular formula is C9H7Cl2N3O2. The Morgan fingerprint density at radius 2 is 1.81 bits per heavy atom. The molecule has 0 saturated heterocycles. The van der Waals surface area contributed by atoms with Crippen LogP contribution in [0.3, 0.4) is 0 Å². The van der Waals surface area contributed by atoms with Gasteiger partial charge in [-0.3, -0.25) is 0 Å². The first-order valence-electron chi connectivity index (χ1n) is 4.27. The molecule has 0 spiro atoms. The normalized spacial score (nSPS) is 10.5. The van der Waals surface area contributed by atoms with Crippen LogP contribution < -0.4 is 9.47 Å². The summed E-state index contributed by atoms with van der Waals surface area (Å²) >= 11 is 11.6. The lowest BCUT2D eigenvalue weighted by molar-refractivity contribution is 0.344. The largest absolute Gasteiger partial charge is 0.491 e. The molecule has 84 valence electrons. The van der Waals surface area contributed by atoms with Crippen LogP contribution >= 0.6 is 23.2 Å². The second-order valence-corrected chi connectivity index (χ2v) is 3.55. The predicted octanol–water partition coefficient (Wildman–Crippen LogP) is 2.35. The van der Waals surface area contributed by atoms with Gasteiger partial charge in [0.25, 0.3) is 5.88 Å². The molecule has 0 saturated carbocycles. The van der Waals surface area contributed by atoms with E-state index in [1.165, 1.54) is 14.2 Å². The van der Waals surface area contributed by atoms with E-state index in [-0.39, 0.29) is 10.4 Å². The lowest BCUT2D eigenvalue weighted by Crippen LogP contribution is -1.97. The summed E-state index contributed by atoms with van der Waals surface area (Å²) in [5, 5.41) is 0.824. The molecule has 2 heterocycles. The maximum atomic E-state index is 5.91. The zero-order valence-corrected chi connectivity index (χ0v) is 10.0. The predicted molar refractivity (Wildman–Crippen MR) is 60.5 cm³/mol. The van der Waals surface area contributed by atoms with Crippen molar-refractivity contribution in [2.75, 3.05) is 14.2 Å². The standard InChI is InChI=1S/C9H7Cl2N3O2/c1-15-5-3-4-6(10)12-9(11)14-7(4)13-8(5)16-2/h3H,1-2H3. The minimum atomic E-state index is 0.0391. The van der Waals surface area contributed by atoms with E-state index in [4.69, 9.17) is 32.7 Å². The third-order valence-corrected chi connectivity index (χ3v) is 2.42. The van der Waals surface area contributed by atoms with E-state index in [9.17, 15) is 0 Å². The second kappa shape index (κ2) is 4.27. The van der Waals surface area contributed by atoms with Gasteiger partial charge in [0.2, 0.25) is 5.28 Å². The van der Waals surface area contributed by atoms with E-state index in [1.54, 1.807) is 6.07 Å². The summed E-state index contributed by atoms with van der Waals surface area (Å²) in [6, 6.07) is 1.65. The van der Waals surface area contributed by atoms with Crippen molar-refractivity contribution >= 4 is 34.2 Å². The fourth-order valence-electron chi connectivity index (χ4n) is 1.25. The first-order chi connectivity index (χ1) is 7.65. The van der Waals surface area contributed by atoms with Gasteiger partial charge in [-0.1, -0.05) is 11.6 Å². The Morgan fingerprint density at radius 3 is 2.44 bits per heavy atom. The number of pyridine rings is 1. The summed E-state index contributed by atoms with van der Waals surface area (Å²) in [5.41, 5.74) is 0.364. The van der Waals surface area contributed by atoms with Crippen LogP contribution in [0.2, 0.25) is 10.4 Å². The molecule has 16 heavy (non-hydrogen) atoms. The SMILES string of the molecule is COc1cc2c(Cl)nc(Cl)nc2nc1OC. The average molecular weight is 260 g/mol. The monoisotopic (exact) mass is 259 g/mol. The van der Waals surface area contributed by atoms with E-state index in [0.717, 1.165) is 0 Å². The molecule has 0 bridgehead atoms. The Labute approximate surface area is 101 Å². The zero-order chi connectivity index (χ0) is 11.7. The van der Waals surface area contributed by atoms with Crippen LogP contribution in [0.5, 0.6) is 11.6 Å². The first-order valence-corrected chi connectivity index (χ1v) is 5.03. The van der Waals surface area contributed by atoms with Crippen LogP contribution in [0.1, 0.15) is 0 Å². The van der Waals surface area contributed by atoms with Crippen LogP contribution in [0.4, 0.5) is 0 Å². The first kappa shape index (κ1) is 11.2. The molecule has 2 aromatic heterocycles. The van der Waals surface area contributed by atoms with Crippen molar-refractivity contribution < 1.29 is 9.47 Å². The molecule has 7 heteroatoms. The summed E-state index contributed by atoms with van der Waals surface area (Å²) in [4.78, 5) is 11.9. The van der Waals surface area contributed by atoms with Crippen molar-refractivity contribution in [3.8, 4) is 11.6 Å². The lowest BCUT2D eigenvalue weighted by Gasteiger charge is -2.07. The Kier molecular flexibility index (Phi) is 2.98. The minimum absolute atomic E-state index is 0.0391. The molecular weight excluding hydrogens is 253 g/mol. The van der Waals surface area contributed by atoms with Crippen LogP contribution in [0.25, 0.3) is 11.0 Å². The summed E-state index contributed by atoms with van der Waals surface area (Å²) in [7, 11) is 3.00. The number of aromatic nitrogens is 3. The van der Waals surface area contributed by atoms with E-state index < -0.39 is 0 Å². The second-order valence-electron chi connectivity index (χ2n) is 2.85. The third kappa shape index (κ3) is 1.83. The number of fused-ring (bicyclic) bond motifs is 1. The van der Waals surface area contributed by atoms with E-state index in [2.05, 4.69) is 15.0 Å². The van der Waals surface area contributed by atoms with E-state index >= 15 is 0 Å². The number of hydrogen-bond donors (Lipinski definition) is 0. The Bertz CT molecular complexity index is 548. The molecule has 5 nitrogen and oxygen atoms in total. The highest BCUT2D eigenvalue weighted by atomic mass is 35.5. The molecule has 0 aliphatic rings. The van der Waals surface area contributed by atoms with Crippen molar-refractivity contribution in [3.63, 3.8) is 0 Å². The maximum absolute atomic E-state index is 5.91. The van der Waals surface area contributed by atoms with Gasteiger partial charge in [-0.05, 0) is 17.7 Å². The summed E-state index contributed by atoms with van der Waals surface area (Å²) in [6.45, 7) is 0. The Balaban J connectivity index is 2.78. The van der Waals surface area contributed by atoms with Gasteiger partial charge in [-0.2, -0.15) is 9.97 Å². The van der Waals surface area contributed by atoms with Gasteiger partial charge in [-0.25, -0.2) is 4.98 Å². The highest BCUT2D eigenvalue weighted by Gasteiger charge is 2.12. The highest BCUT2D eigenvalue weighted by Crippen LogP contribution is 2.31. The van der Waals surface area contributed by atoms with Crippen LogP contribution in [-0.4, -0.2) is 29.2 Å². The molecule has 0 amide bonds. The molecule has 0 aliphatic carbocycles. The number of hydrogen-bond acceptors (Lipinski definition) is 5. The number of rotatable bonds is 2. The van der Waals surface area contributed by atoms with Crippen molar-refractivity contribution in [2.24, 2.45) is 0 Å². The van der Waals surface area contributed by atoms with Gasteiger partial charge in [0.15, 0.2) is 11.4 Å². The molecule has 0 fully saturated rings. The summed E-state index contributed by atoms with van der Waals surface area (Å²) in [6.07, 6.45) is 0. The summed E-state index contributed by atoms with van der Waals surface area (Å²) in [5.74, 6) is 0.781. The quantitative estimate of drug-likeness (QED) is 0.612. The minimum Gasteiger partial charge on any atom is -0.491 e. The van der Waals surface area contributed by atoms with Gasteiger partial charge in [0, 0.05) is 0 Å². The lowest BCUT2D eigenvalue weighted by atomic mass is 10.3. The van der Waals surface area contributed by atoms with Crippen LogP contribution in [0.15, 0.2) is 6.07 Å². The van der Waals surface area contributed by atoms with Crippen molar-refractivity contribution in [3.05, 3.63) is 16.5 Å². The van der Waals surface area contributed by atoms with Crippen LogP contribution in [0, 0.1) is 0 Å². The number of methoxy groups -OCH3 is 2. The molecule has 0 aliphatic heterocycles. The van der Waals surface area contributed by atoms with Gasteiger partial charge in [0.1, 0.15) is 5.15 Å². The molecule has 0 radical (unpaired) electrons. The van der Waals surface area contributed by atoms with Gasteiger partial charge in [0.05, 0.1) is 19.6 Å². The maximum Gasteiger partial charge on any atom is 0.258 e. The molecule has 2 rings (SSSR count). The molecule has 0 N–H and O–H groups in total. The van der Waals surface area contributed by atoms with Crippen molar-refractivity contribution in [1.82, 2.24) is 15.0 Å². The number of ether oxygens (including phenoxy) is 2. The average Bonchev–Trinajstić information content (AvgIpc) is 2.27. The fraction of sp³-hybridized carbons (Fsp3) is 0.222. The smallest absolute Gasteiger partial charge is 0.258 e. The number of halogens is 2. The molecule has 0 unspecified atom stereocenters. The molecule has 0 atom stereocenters.